The monoisotopic (exact) mass is 568 g/mol. The van der Waals surface area contributed by atoms with Crippen molar-refractivity contribution in [2.24, 2.45) is 5.92 Å². The second kappa shape index (κ2) is 16.7. The van der Waals surface area contributed by atoms with E-state index < -0.39 is 22.9 Å². The van der Waals surface area contributed by atoms with Crippen molar-refractivity contribution in [1.82, 2.24) is 0 Å². The van der Waals surface area contributed by atoms with Crippen molar-refractivity contribution in [3.63, 3.8) is 0 Å². The van der Waals surface area contributed by atoms with E-state index in [0.717, 1.165) is 44.1 Å². The Bertz CT molecular complexity index is 1140. The van der Waals surface area contributed by atoms with Crippen LogP contribution in [0.5, 0.6) is 11.5 Å². The zero-order valence-electron chi connectivity index (χ0n) is 24.5. The molecule has 2 N–H and O–H groups in total. The number of carbonyl (C=O) groups excluding carboxylic acids is 1. The Hall–Kier alpha value is -3.43. The molecule has 41 heavy (non-hydrogen) atoms. The number of ether oxygens (including phenoxy) is 4. The molecule has 0 unspecified atom stereocenters. The van der Waals surface area contributed by atoms with Gasteiger partial charge in [0.25, 0.3) is 5.69 Å². The number of nitro benzene ring substituents is 1. The predicted molar refractivity (Wildman–Crippen MR) is 159 cm³/mol. The maximum Gasteiger partial charge on any atom is 0.350 e. The van der Waals surface area contributed by atoms with E-state index in [1.165, 1.54) is 31.4 Å². The van der Waals surface area contributed by atoms with E-state index in [-0.39, 0.29) is 34.8 Å². The van der Waals surface area contributed by atoms with Crippen LogP contribution >= 0.6 is 0 Å². The van der Waals surface area contributed by atoms with Crippen molar-refractivity contribution in [1.29, 1.82) is 0 Å². The highest BCUT2D eigenvalue weighted by atomic mass is 16.7. The van der Waals surface area contributed by atoms with E-state index in [4.69, 9.17) is 24.7 Å². The fraction of sp³-hybridized carbons (Fsp3) is 0.531. The summed E-state index contributed by atoms with van der Waals surface area (Å²) in [6, 6.07) is 9.14. The zero-order valence-corrected chi connectivity index (χ0v) is 24.5. The van der Waals surface area contributed by atoms with Gasteiger partial charge in [-0.3, -0.25) is 10.1 Å². The third-order valence-corrected chi connectivity index (χ3v) is 7.01. The van der Waals surface area contributed by atoms with Gasteiger partial charge in [0.2, 0.25) is 0 Å². The maximum absolute atomic E-state index is 12.9. The molecular formula is C32H44N2O7. The maximum atomic E-state index is 12.9. The number of nitrogens with two attached hydrogens (primary N) is 1. The number of carbonyl (C=O) groups is 1. The molecule has 0 aromatic heterocycles. The van der Waals surface area contributed by atoms with Gasteiger partial charge in [0, 0.05) is 11.5 Å². The molecule has 0 spiro atoms. The molecule has 0 radical (unpaired) electrons. The first-order chi connectivity index (χ1) is 19.8. The lowest BCUT2D eigenvalue weighted by atomic mass is 10.1. The third-order valence-electron chi connectivity index (χ3n) is 7.01. The largest absolute Gasteiger partial charge is 0.488 e. The summed E-state index contributed by atoms with van der Waals surface area (Å²) < 4.78 is 23.1. The van der Waals surface area contributed by atoms with Crippen molar-refractivity contribution in [2.75, 3.05) is 18.9 Å². The lowest BCUT2D eigenvalue weighted by Gasteiger charge is -2.28. The first-order valence-corrected chi connectivity index (χ1v) is 14.8. The molecule has 1 heterocycles. The van der Waals surface area contributed by atoms with E-state index in [1.54, 1.807) is 24.3 Å². The first-order valence-electron chi connectivity index (χ1n) is 14.8. The summed E-state index contributed by atoms with van der Waals surface area (Å²) in [7, 11) is 0. The van der Waals surface area contributed by atoms with Gasteiger partial charge in [0.1, 0.15) is 17.1 Å². The van der Waals surface area contributed by atoms with Crippen LogP contribution in [-0.4, -0.2) is 30.2 Å². The molecule has 0 bridgehead atoms. The second-order valence-electron chi connectivity index (χ2n) is 10.6. The van der Waals surface area contributed by atoms with Crippen LogP contribution in [0.2, 0.25) is 0 Å². The van der Waals surface area contributed by atoms with Gasteiger partial charge in [-0.05, 0) is 50.8 Å². The van der Waals surface area contributed by atoms with Crippen LogP contribution in [0.1, 0.15) is 101 Å². The van der Waals surface area contributed by atoms with Gasteiger partial charge in [-0.25, -0.2) is 4.79 Å². The molecule has 1 aliphatic rings. The number of nitrogen functional groups attached to an aromatic ring is 1. The number of rotatable bonds is 16. The minimum atomic E-state index is -0.881. The van der Waals surface area contributed by atoms with Crippen molar-refractivity contribution >= 4 is 17.3 Å². The third kappa shape index (κ3) is 10.2. The van der Waals surface area contributed by atoms with E-state index in [2.05, 4.69) is 26.0 Å². The lowest BCUT2D eigenvalue weighted by Crippen LogP contribution is -2.25. The number of unbranched alkanes of at least 4 members (excludes halogenated alkanes) is 6. The van der Waals surface area contributed by atoms with E-state index in [1.807, 2.05) is 6.92 Å². The Morgan fingerprint density at radius 3 is 2.41 bits per heavy atom. The van der Waals surface area contributed by atoms with Gasteiger partial charge in [0.15, 0.2) is 6.29 Å². The summed E-state index contributed by atoms with van der Waals surface area (Å²) in [6.07, 6.45) is 13.6. The summed E-state index contributed by atoms with van der Waals surface area (Å²) in [5.41, 5.74) is 6.38. The number of allylic oxidation sites excluding steroid dienone is 1. The Kier molecular flexibility index (Phi) is 13.1. The Labute approximate surface area is 243 Å². The summed E-state index contributed by atoms with van der Waals surface area (Å²) >= 11 is 0. The van der Waals surface area contributed by atoms with E-state index in [9.17, 15) is 14.9 Å². The lowest BCUT2D eigenvalue weighted by molar-refractivity contribution is -0.385. The predicted octanol–water partition coefficient (Wildman–Crippen LogP) is 7.93. The smallest absolute Gasteiger partial charge is 0.350 e. The molecule has 0 saturated carbocycles. The second-order valence-corrected chi connectivity index (χ2v) is 10.6. The van der Waals surface area contributed by atoms with Gasteiger partial charge >= 0.3 is 5.97 Å². The van der Waals surface area contributed by atoms with Crippen LogP contribution in [0.15, 0.2) is 48.6 Å². The Morgan fingerprint density at radius 2 is 1.76 bits per heavy atom. The molecule has 0 amide bonds. The van der Waals surface area contributed by atoms with Crippen LogP contribution in [-0.2, 0) is 9.47 Å². The molecular weight excluding hydrogens is 524 g/mol. The topological polar surface area (TPSA) is 123 Å². The summed E-state index contributed by atoms with van der Waals surface area (Å²) in [5.74, 6) is -0.241. The number of hydrogen-bond donors (Lipinski definition) is 1. The normalized spacial score (nSPS) is 17.8. The first kappa shape index (κ1) is 32.1. The van der Waals surface area contributed by atoms with Crippen LogP contribution in [0.25, 0.3) is 0 Å². The highest BCUT2D eigenvalue weighted by Crippen LogP contribution is 2.33. The van der Waals surface area contributed by atoms with Crippen LogP contribution in [0.3, 0.4) is 0 Å². The van der Waals surface area contributed by atoms with Gasteiger partial charge in [0.05, 0.1) is 36.0 Å². The molecule has 0 aliphatic carbocycles. The molecule has 2 aromatic carbocycles. The van der Waals surface area contributed by atoms with Crippen LogP contribution in [0, 0.1) is 16.0 Å². The Morgan fingerprint density at radius 1 is 1.07 bits per heavy atom. The van der Waals surface area contributed by atoms with Gasteiger partial charge in [-0.2, -0.15) is 0 Å². The van der Waals surface area contributed by atoms with Crippen molar-refractivity contribution < 1.29 is 28.7 Å². The average molecular weight is 569 g/mol. The van der Waals surface area contributed by atoms with Crippen LogP contribution in [0.4, 0.5) is 11.4 Å². The minimum Gasteiger partial charge on any atom is -0.488 e. The average Bonchev–Trinajstić information content (AvgIpc) is 2.96. The SMILES string of the molecule is CCCCCC=CC1COC(c2ccc(OC(=O)c3cc(N)c(O[C@H](C)CCCCCC)cc3[N+](=O)[O-])cc2)OC1. The fourth-order valence-electron chi connectivity index (χ4n) is 4.61. The van der Waals surface area contributed by atoms with Crippen molar-refractivity contribution in [3.05, 3.63) is 69.8 Å². The summed E-state index contributed by atoms with van der Waals surface area (Å²) in [5, 5.41) is 11.8. The zero-order chi connectivity index (χ0) is 29.6. The van der Waals surface area contributed by atoms with Gasteiger partial charge in [-0.1, -0.05) is 70.2 Å². The summed E-state index contributed by atoms with van der Waals surface area (Å²) in [6.45, 7) is 7.36. The van der Waals surface area contributed by atoms with Crippen LogP contribution < -0.4 is 15.2 Å². The standard InChI is InChI=1S/C32H44N2O7/c1-4-6-8-10-12-14-24-21-38-32(39-22-24)25-15-17-26(18-16-25)41-31(35)27-19-28(33)30(20-29(27)34(36)37)40-23(3)13-11-9-7-5-2/h12,14-20,23-24,32H,4-11,13,21-22,33H2,1-3H3/t23-,24?,32?/m1/s1. The molecule has 3 rings (SSSR count). The Balaban J connectivity index is 1.58. The number of anilines is 1. The van der Waals surface area contributed by atoms with E-state index in [0.29, 0.717) is 13.2 Å². The summed E-state index contributed by atoms with van der Waals surface area (Å²) in [4.78, 5) is 24.1. The van der Waals surface area contributed by atoms with E-state index >= 15 is 0 Å². The molecule has 1 fully saturated rings. The molecule has 224 valence electrons. The molecule has 2 aromatic rings. The van der Waals surface area contributed by atoms with Gasteiger partial charge < -0.3 is 24.7 Å². The highest BCUT2D eigenvalue weighted by molar-refractivity contribution is 5.97. The highest BCUT2D eigenvalue weighted by Gasteiger charge is 2.26. The molecule has 9 nitrogen and oxygen atoms in total. The number of benzene rings is 2. The molecule has 9 heteroatoms. The molecule has 1 aliphatic heterocycles. The van der Waals surface area contributed by atoms with Crippen molar-refractivity contribution in [3.8, 4) is 11.5 Å². The molecule has 1 saturated heterocycles. The fourth-order valence-corrected chi connectivity index (χ4v) is 4.61. The quantitative estimate of drug-likeness (QED) is 0.0412. The number of nitrogens with zero attached hydrogens (tertiary/aromatic N) is 1. The number of nitro groups is 1. The number of esters is 1. The molecule has 1 atom stereocenters. The van der Waals surface area contributed by atoms with Crippen molar-refractivity contribution in [2.45, 2.75) is 91.0 Å². The van der Waals surface area contributed by atoms with Gasteiger partial charge in [-0.15, -0.1) is 0 Å². The minimum absolute atomic E-state index is 0.138. The number of hydrogen-bond acceptors (Lipinski definition) is 8.